The molecule has 0 aliphatic heterocycles. The summed E-state index contributed by atoms with van der Waals surface area (Å²) in [5.74, 6) is 0. The summed E-state index contributed by atoms with van der Waals surface area (Å²) in [6.07, 6.45) is -4.58. The van der Waals surface area contributed by atoms with Gasteiger partial charge in [0.05, 0.1) is 0 Å². The van der Waals surface area contributed by atoms with E-state index >= 15 is 0 Å². The predicted molar refractivity (Wildman–Crippen MR) is 71.6 cm³/mol. The highest BCUT2D eigenvalue weighted by atomic mass is 79.9. The first-order chi connectivity index (χ1) is 8.85. The van der Waals surface area contributed by atoms with Crippen molar-refractivity contribution < 1.29 is 13.2 Å². The lowest BCUT2D eigenvalue weighted by Gasteiger charge is -2.32. The fraction of sp³-hybridized carbons (Fsp3) is 0.143. The number of nitrogens with two attached hydrogens (primary N) is 1. The fourth-order valence-electron chi connectivity index (χ4n) is 1.91. The van der Waals surface area contributed by atoms with Gasteiger partial charge in [0.1, 0.15) is 0 Å². The number of alkyl halides is 3. The maximum absolute atomic E-state index is 13.4. The predicted octanol–water partition coefficient (Wildman–Crippen LogP) is 4.21. The first kappa shape index (κ1) is 14.1. The fourth-order valence-corrected chi connectivity index (χ4v) is 2.17. The van der Waals surface area contributed by atoms with E-state index in [9.17, 15) is 13.2 Å². The summed E-state index contributed by atoms with van der Waals surface area (Å²) >= 11 is 3.20. The Morgan fingerprint density at radius 3 is 1.74 bits per heavy atom. The molecule has 100 valence electrons. The van der Waals surface area contributed by atoms with E-state index in [4.69, 9.17) is 5.73 Å². The van der Waals surface area contributed by atoms with E-state index in [0.29, 0.717) is 4.47 Å². The molecule has 2 rings (SSSR count). The van der Waals surface area contributed by atoms with Crippen molar-refractivity contribution in [2.24, 2.45) is 5.73 Å². The number of rotatable bonds is 2. The molecule has 0 aliphatic carbocycles. The van der Waals surface area contributed by atoms with Crippen molar-refractivity contribution in [2.45, 2.75) is 11.7 Å². The summed E-state index contributed by atoms with van der Waals surface area (Å²) in [4.78, 5) is 0. The number of halogens is 4. The van der Waals surface area contributed by atoms with Crippen LogP contribution in [-0.2, 0) is 5.54 Å². The summed E-state index contributed by atoms with van der Waals surface area (Å²) in [5, 5.41) is 0. The molecule has 0 bridgehead atoms. The van der Waals surface area contributed by atoms with Gasteiger partial charge in [0.15, 0.2) is 5.54 Å². The van der Waals surface area contributed by atoms with Crippen LogP contribution in [0.15, 0.2) is 59.1 Å². The van der Waals surface area contributed by atoms with Gasteiger partial charge in [-0.2, -0.15) is 13.2 Å². The van der Waals surface area contributed by atoms with Crippen molar-refractivity contribution in [1.29, 1.82) is 0 Å². The summed E-state index contributed by atoms with van der Waals surface area (Å²) in [6.45, 7) is 0. The third-order valence-corrected chi connectivity index (χ3v) is 3.50. The second-order valence-corrected chi connectivity index (χ2v) is 5.09. The molecule has 2 aromatic rings. The zero-order valence-electron chi connectivity index (χ0n) is 9.79. The second-order valence-electron chi connectivity index (χ2n) is 4.18. The van der Waals surface area contributed by atoms with Crippen LogP contribution >= 0.6 is 15.9 Å². The highest BCUT2D eigenvalue weighted by molar-refractivity contribution is 9.10. The second kappa shape index (κ2) is 4.98. The Hall–Kier alpha value is -1.33. The monoisotopic (exact) mass is 329 g/mol. The number of hydrogen-bond donors (Lipinski definition) is 1. The Kier molecular flexibility index (Phi) is 3.69. The maximum Gasteiger partial charge on any atom is 0.414 e. The van der Waals surface area contributed by atoms with Crippen molar-refractivity contribution in [3.63, 3.8) is 0 Å². The van der Waals surface area contributed by atoms with Crippen LogP contribution in [-0.4, -0.2) is 6.18 Å². The van der Waals surface area contributed by atoms with E-state index in [1.165, 1.54) is 24.3 Å². The average molecular weight is 330 g/mol. The van der Waals surface area contributed by atoms with E-state index in [2.05, 4.69) is 15.9 Å². The van der Waals surface area contributed by atoms with Gasteiger partial charge in [-0.3, -0.25) is 0 Å². The zero-order chi connectivity index (χ0) is 14.1. The number of hydrogen-bond acceptors (Lipinski definition) is 1. The molecule has 1 nitrogen and oxygen atoms in total. The van der Waals surface area contributed by atoms with E-state index < -0.39 is 11.7 Å². The molecule has 0 radical (unpaired) electrons. The van der Waals surface area contributed by atoms with Gasteiger partial charge in [0, 0.05) is 4.47 Å². The third kappa shape index (κ3) is 2.53. The summed E-state index contributed by atoms with van der Waals surface area (Å²) in [5.41, 5.74) is 3.25. The highest BCUT2D eigenvalue weighted by Gasteiger charge is 2.54. The lowest BCUT2D eigenvalue weighted by Crippen LogP contribution is -2.51. The molecule has 2 aromatic carbocycles. The van der Waals surface area contributed by atoms with Crippen molar-refractivity contribution in [1.82, 2.24) is 0 Å². The van der Waals surface area contributed by atoms with E-state index in [-0.39, 0.29) is 11.1 Å². The van der Waals surface area contributed by atoms with E-state index in [1.54, 1.807) is 30.3 Å². The van der Waals surface area contributed by atoms with Crippen molar-refractivity contribution in [2.75, 3.05) is 0 Å². The smallest absolute Gasteiger partial charge is 0.310 e. The van der Waals surface area contributed by atoms with Gasteiger partial charge in [0.2, 0.25) is 0 Å². The maximum atomic E-state index is 13.4. The minimum Gasteiger partial charge on any atom is -0.310 e. The van der Waals surface area contributed by atoms with Gasteiger partial charge >= 0.3 is 6.18 Å². The van der Waals surface area contributed by atoms with Crippen molar-refractivity contribution in [3.05, 3.63) is 70.2 Å². The molecule has 0 fully saturated rings. The van der Waals surface area contributed by atoms with Gasteiger partial charge in [-0.05, 0) is 23.3 Å². The first-order valence-corrected chi connectivity index (χ1v) is 6.32. The lowest BCUT2D eigenvalue weighted by molar-refractivity contribution is -0.176. The third-order valence-electron chi connectivity index (χ3n) is 2.98. The highest BCUT2D eigenvalue weighted by Crippen LogP contribution is 2.42. The number of benzene rings is 2. The standard InChI is InChI=1S/C14H11BrF3N/c15-12-8-6-11(7-9-12)13(19,14(16,17)18)10-4-2-1-3-5-10/h1-9H,19H2. The van der Waals surface area contributed by atoms with E-state index in [0.717, 1.165) is 0 Å². The molecule has 0 aliphatic rings. The minimum absolute atomic E-state index is 0.00870. The Morgan fingerprint density at radius 1 is 0.789 bits per heavy atom. The molecule has 1 unspecified atom stereocenters. The van der Waals surface area contributed by atoms with Crippen LogP contribution < -0.4 is 5.73 Å². The quantitative estimate of drug-likeness (QED) is 0.877. The van der Waals surface area contributed by atoms with Crippen LogP contribution in [0.1, 0.15) is 11.1 Å². The first-order valence-electron chi connectivity index (χ1n) is 5.53. The topological polar surface area (TPSA) is 26.0 Å². The zero-order valence-corrected chi connectivity index (χ0v) is 11.4. The molecule has 1 atom stereocenters. The molecule has 0 saturated carbocycles. The van der Waals surface area contributed by atoms with E-state index in [1.807, 2.05) is 0 Å². The van der Waals surface area contributed by atoms with Gasteiger partial charge in [-0.1, -0.05) is 58.4 Å². The van der Waals surface area contributed by atoms with Crippen LogP contribution in [0.25, 0.3) is 0 Å². The van der Waals surface area contributed by atoms with Crippen LogP contribution in [0, 0.1) is 0 Å². The van der Waals surface area contributed by atoms with Crippen LogP contribution in [0.4, 0.5) is 13.2 Å². The average Bonchev–Trinajstić information content (AvgIpc) is 2.38. The normalized spacial score (nSPS) is 15.0. The molecule has 0 saturated heterocycles. The summed E-state index contributed by atoms with van der Waals surface area (Å²) in [7, 11) is 0. The van der Waals surface area contributed by atoms with Gasteiger partial charge < -0.3 is 5.73 Å². The molecular weight excluding hydrogens is 319 g/mol. The SMILES string of the molecule is NC(c1ccccc1)(c1ccc(Br)cc1)C(F)(F)F. The molecule has 0 amide bonds. The Labute approximate surface area is 117 Å². The lowest BCUT2D eigenvalue weighted by atomic mass is 9.83. The Bertz CT molecular complexity index is 551. The molecule has 5 heteroatoms. The van der Waals surface area contributed by atoms with Gasteiger partial charge in [0.25, 0.3) is 0 Å². The van der Waals surface area contributed by atoms with Crippen LogP contribution in [0.2, 0.25) is 0 Å². The van der Waals surface area contributed by atoms with Crippen molar-refractivity contribution >= 4 is 15.9 Å². The van der Waals surface area contributed by atoms with Crippen LogP contribution in [0.5, 0.6) is 0 Å². The Balaban J connectivity index is 2.63. The molecule has 2 N–H and O–H groups in total. The molecule has 19 heavy (non-hydrogen) atoms. The minimum atomic E-state index is -4.58. The molecule has 0 spiro atoms. The van der Waals surface area contributed by atoms with Gasteiger partial charge in [-0.15, -0.1) is 0 Å². The van der Waals surface area contributed by atoms with Gasteiger partial charge in [-0.25, -0.2) is 0 Å². The molecule has 0 aromatic heterocycles. The summed E-state index contributed by atoms with van der Waals surface area (Å²) < 4.78 is 41.0. The molecular formula is C14H11BrF3N. The Morgan fingerprint density at radius 2 is 1.26 bits per heavy atom. The summed E-state index contributed by atoms with van der Waals surface area (Å²) in [6, 6.07) is 13.4. The van der Waals surface area contributed by atoms with Crippen molar-refractivity contribution in [3.8, 4) is 0 Å². The largest absolute Gasteiger partial charge is 0.414 e. The molecule has 0 heterocycles. The van der Waals surface area contributed by atoms with Crippen LogP contribution in [0.3, 0.4) is 0 Å².